The Morgan fingerprint density at radius 2 is 2.20 bits per heavy atom. The van der Waals surface area contributed by atoms with E-state index in [4.69, 9.17) is 4.74 Å². The van der Waals surface area contributed by atoms with Crippen molar-refractivity contribution >= 4 is 6.21 Å². The lowest BCUT2D eigenvalue weighted by atomic mass is 10.2. The van der Waals surface area contributed by atoms with Gasteiger partial charge in [0.05, 0.1) is 12.8 Å². The predicted octanol–water partition coefficient (Wildman–Crippen LogP) is 1.69. The predicted molar refractivity (Wildman–Crippen MR) is 60.6 cm³/mol. The average Bonchev–Trinajstić information content (AvgIpc) is 2.19. The minimum Gasteiger partial charge on any atom is -0.504 e. The van der Waals surface area contributed by atoms with Crippen LogP contribution in [0.15, 0.2) is 23.3 Å². The summed E-state index contributed by atoms with van der Waals surface area (Å²) in [6.07, 6.45) is 1.60. The summed E-state index contributed by atoms with van der Waals surface area (Å²) in [4.78, 5) is 0. The molecule has 0 aliphatic rings. The molecule has 0 aliphatic heterocycles. The summed E-state index contributed by atoms with van der Waals surface area (Å²) in [5, 5.41) is 15.5. The molecule has 0 radical (unpaired) electrons. The van der Waals surface area contributed by atoms with Gasteiger partial charge in [0.25, 0.3) is 0 Å². The first kappa shape index (κ1) is 11.4. The number of aromatic hydroxyl groups is 1. The summed E-state index contributed by atoms with van der Waals surface area (Å²) in [6.45, 7) is 2.40. The summed E-state index contributed by atoms with van der Waals surface area (Å²) >= 11 is 0. The highest BCUT2D eigenvalue weighted by Gasteiger charge is 2.05. The molecular formula is C11H16N2O2. The molecule has 1 aromatic carbocycles. The Balaban J connectivity index is 2.94. The van der Waals surface area contributed by atoms with E-state index in [2.05, 4.69) is 5.10 Å². The lowest BCUT2D eigenvalue weighted by Gasteiger charge is -2.08. The largest absolute Gasteiger partial charge is 0.504 e. The van der Waals surface area contributed by atoms with E-state index in [1.807, 2.05) is 27.1 Å². The molecule has 0 bridgehead atoms. The number of benzene rings is 1. The lowest BCUT2D eigenvalue weighted by molar-refractivity contribution is 0.318. The molecule has 1 aromatic rings. The number of nitrogens with zero attached hydrogens (tertiary/aromatic N) is 2. The first-order valence-corrected chi connectivity index (χ1v) is 4.81. The van der Waals surface area contributed by atoms with Crippen LogP contribution in [0, 0.1) is 0 Å². The zero-order chi connectivity index (χ0) is 11.3. The number of phenolic OH excluding ortho intramolecular Hbond substituents is 1. The Kier molecular flexibility index (Phi) is 3.97. The summed E-state index contributed by atoms with van der Waals surface area (Å²) < 4.78 is 5.26. The van der Waals surface area contributed by atoms with Gasteiger partial charge in [0, 0.05) is 19.7 Å². The van der Waals surface area contributed by atoms with E-state index in [1.54, 1.807) is 23.4 Å². The van der Waals surface area contributed by atoms with Crippen LogP contribution in [0.25, 0.3) is 0 Å². The molecule has 4 nitrogen and oxygen atoms in total. The smallest absolute Gasteiger partial charge is 0.166 e. The number of para-hydroxylation sites is 1. The Bertz CT molecular complexity index is 348. The van der Waals surface area contributed by atoms with Gasteiger partial charge in [-0.05, 0) is 19.1 Å². The van der Waals surface area contributed by atoms with E-state index in [9.17, 15) is 5.11 Å². The summed E-state index contributed by atoms with van der Waals surface area (Å²) in [5.74, 6) is 0.616. The van der Waals surface area contributed by atoms with E-state index in [0.717, 1.165) is 0 Å². The van der Waals surface area contributed by atoms with Crippen molar-refractivity contribution in [1.82, 2.24) is 5.01 Å². The molecule has 0 unspecified atom stereocenters. The lowest BCUT2D eigenvalue weighted by Crippen LogP contribution is -2.02. The van der Waals surface area contributed by atoms with E-state index in [-0.39, 0.29) is 5.75 Å². The van der Waals surface area contributed by atoms with Crippen molar-refractivity contribution in [2.24, 2.45) is 5.10 Å². The third kappa shape index (κ3) is 3.16. The van der Waals surface area contributed by atoms with Crippen molar-refractivity contribution in [1.29, 1.82) is 0 Å². The number of hydrogen-bond donors (Lipinski definition) is 1. The maximum atomic E-state index is 9.80. The van der Waals surface area contributed by atoms with Gasteiger partial charge in [-0.15, -0.1) is 0 Å². The molecule has 0 aromatic heterocycles. The van der Waals surface area contributed by atoms with Crippen molar-refractivity contribution in [2.45, 2.75) is 6.92 Å². The second-order valence-electron chi connectivity index (χ2n) is 3.22. The minimum atomic E-state index is 0.130. The first-order valence-electron chi connectivity index (χ1n) is 4.81. The van der Waals surface area contributed by atoms with Crippen molar-refractivity contribution in [3.8, 4) is 11.5 Å². The van der Waals surface area contributed by atoms with Crippen LogP contribution in [-0.4, -0.2) is 37.0 Å². The Hall–Kier alpha value is -1.71. The topological polar surface area (TPSA) is 45.1 Å². The highest BCUT2D eigenvalue weighted by molar-refractivity contribution is 5.84. The maximum Gasteiger partial charge on any atom is 0.166 e. The van der Waals surface area contributed by atoms with Crippen LogP contribution in [0.5, 0.6) is 11.5 Å². The molecule has 0 heterocycles. The molecule has 0 spiro atoms. The van der Waals surface area contributed by atoms with Gasteiger partial charge in [0.1, 0.15) is 0 Å². The number of hydrogen-bond acceptors (Lipinski definition) is 4. The van der Waals surface area contributed by atoms with E-state index >= 15 is 0 Å². The van der Waals surface area contributed by atoms with Crippen molar-refractivity contribution in [2.75, 3.05) is 20.7 Å². The summed E-state index contributed by atoms with van der Waals surface area (Å²) in [6, 6.07) is 5.33. The molecular weight excluding hydrogens is 192 g/mol. The molecule has 4 heteroatoms. The normalized spacial score (nSPS) is 10.6. The number of phenols is 1. The SMILES string of the molecule is CCOc1cccc(/C=N/N(C)C)c1O. The zero-order valence-electron chi connectivity index (χ0n) is 9.27. The molecule has 0 atom stereocenters. The third-order valence-corrected chi connectivity index (χ3v) is 1.76. The zero-order valence-corrected chi connectivity index (χ0v) is 9.27. The monoisotopic (exact) mass is 208 g/mol. The Morgan fingerprint density at radius 3 is 2.80 bits per heavy atom. The van der Waals surface area contributed by atoms with Crippen LogP contribution in [0.1, 0.15) is 12.5 Å². The highest BCUT2D eigenvalue weighted by atomic mass is 16.5. The molecule has 0 amide bonds. The fourth-order valence-corrected chi connectivity index (χ4v) is 1.09. The molecule has 0 saturated heterocycles. The van der Waals surface area contributed by atoms with Crippen LogP contribution in [0.3, 0.4) is 0 Å². The molecule has 82 valence electrons. The molecule has 1 rings (SSSR count). The fourth-order valence-electron chi connectivity index (χ4n) is 1.09. The Morgan fingerprint density at radius 1 is 1.47 bits per heavy atom. The highest BCUT2D eigenvalue weighted by Crippen LogP contribution is 2.28. The van der Waals surface area contributed by atoms with E-state index in [1.165, 1.54) is 0 Å². The van der Waals surface area contributed by atoms with Crippen LogP contribution in [-0.2, 0) is 0 Å². The minimum absolute atomic E-state index is 0.130. The van der Waals surface area contributed by atoms with Crippen LogP contribution in [0.2, 0.25) is 0 Å². The van der Waals surface area contributed by atoms with Gasteiger partial charge in [-0.25, -0.2) is 0 Å². The van der Waals surface area contributed by atoms with Gasteiger partial charge in [-0.2, -0.15) is 5.10 Å². The first-order chi connectivity index (χ1) is 7.15. The standard InChI is InChI=1S/C11H16N2O2/c1-4-15-10-7-5-6-9(11(10)14)8-12-13(2)3/h5-8,14H,4H2,1-3H3/b12-8+. The quantitative estimate of drug-likeness (QED) is 0.605. The molecule has 1 N–H and O–H groups in total. The third-order valence-electron chi connectivity index (χ3n) is 1.76. The van der Waals surface area contributed by atoms with Gasteiger partial charge in [0.15, 0.2) is 11.5 Å². The van der Waals surface area contributed by atoms with E-state index < -0.39 is 0 Å². The fraction of sp³-hybridized carbons (Fsp3) is 0.364. The van der Waals surface area contributed by atoms with Crippen LogP contribution < -0.4 is 4.74 Å². The Labute approximate surface area is 89.8 Å². The molecule has 0 fully saturated rings. The van der Waals surface area contributed by atoms with Crippen molar-refractivity contribution < 1.29 is 9.84 Å². The van der Waals surface area contributed by atoms with Crippen molar-refractivity contribution in [3.63, 3.8) is 0 Å². The van der Waals surface area contributed by atoms with Crippen LogP contribution in [0.4, 0.5) is 0 Å². The average molecular weight is 208 g/mol. The van der Waals surface area contributed by atoms with Gasteiger partial charge < -0.3 is 14.9 Å². The second kappa shape index (κ2) is 5.24. The molecule has 15 heavy (non-hydrogen) atoms. The van der Waals surface area contributed by atoms with Crippen molar-refractivity contribution in [3.05, 3.63) is 23.8 Å². The van der Waals surface area contributed by atoms with Crippen LogP contribution >= 0.6 is 0 Å². The van der Waals surface area contributed by atoms with Gasteiger partial charge in [0.2, 0.25) is 0 Å². The second-order valence-corrected chi connectivity index (χ2v) is 3.22. The molecule has 0 aliphatic carbocycles. The maximum absolute atomic E-state index is 9.80. The summed E-state index contributed by atoms with van der Waals surface area (Å²) in [5.41, 5.74) is 0.648. The summed E-state index contributed by atoms with van der Waals surface area (Å²) in [7, 11) is 3.64. The molecule has 0 saturated carbocycles. The number of rotatable bonds is 4. The number of hydrazone groups is 1. The van der Waals surface area contributed by atoms with Gasteiger partial charge in [-0.3, -0.25) is 0 Å². The van der Waals surface area contributed by atoms with E-state index in [0.29, 0.717) is 17.9 Å². The van der Waals surface area contributed by atoms with Gasteiger partial charge >= 0.3 is 0 Å². The number of ether oxygens (including phenoxy) is 1. The van der Waals surface area contributed by atoms with Gasteiger partial charge in [-0.1, -0.05) is 6.07 Å².